The fourth-order valence-corrected chi connectivity index (χ4v) is 2.75. The maximum Gasteiger partial charge on any atom is 0.127 e. The molecule has 0 bridgehead atoms. The van der Waals surface area contributed by atoms with E-state index in [4.69, 9.17) is 21.3 Å². The maximum atomic E-state index is 6.32. The Morgan fingerprint density at radius 1 is 1.35 bits per heavy atom. The lowest BCUT2D eigenvalue weighted by molar-refractivity contribution is 0.415. The third-order valence-electron chi connectivity index (χ3n) is 3.70. The quantitative estimate of drug-likeness (QED) is 0.693. The number of hydrogen-bond acceptors (Lipinski definition) is 2. The second kappa shape index (κ2) is 6.49. The number of nitrogens with zero attached hydrogens (tertiary/aromatic N) is 2. The number of fused-ring (bicyclic) bond motifs is 1. The van der Waals surface area contributed by atoms with Gasteiger partial charge in [0.1, 0.15) is 11.6 Å². The number of ether oxygens (including phenoxy) is 1. The average Bonchev–Trinajstić information content (AvgIpc) is 2.83. The summed E-state index contributed by atoms with van der Waals surface area (Å²) in [6.45, 7) is 6.43. The Morgan fingerprint density at radius 3 is 2.70 bits per heavy atom. The average molecular weight is 295 g/mol. The zero-order valence-electron chi connectivity index (χ0n) is 12.7. The number of aromatic nitrogens is 2. The fourth-order valence-electron chi connectivity index (χ4n) is 2.60. The Hall–Kier alpha value is -1.22. The molecule has 0 spiro atoms. The van der Waals surface area contributed by atoms with Gasteiger partial charge in [0.2, 0.25) is 0 Å². The fraction of sp³-hybridized carbons (Fsp3) is 0.562. The number of alkyl halides is 1. The van der Waals surface area contributed by atoms with E-state index in [2.05, 4.69) is 24.5 Å². The number of benzene rings is 1. The summed E-state index contributed by atoms with van der Waals surface area (Å²) in [7, 11) is 1.67. The van der Waals surface area contributed by atoms with Gasteiger partial charge in [0, 0.05) is 12.1 Å². The molecule has 2 atom stereocenters. The largest absolute Gasteiger partial charge is 0.497 e. The Labute approximate surface area is 125 Å². The van der Waals surface area contributed by atoms with E-state index in [1.54, 1.807) is 7.11 Å². The molecule has 110 valence electrons. The van der Waals surface area contributed by atoms with Gasteiger partial charge < -0.3 is 9.30 Å². The van der Waals surface area contributed by atoms with Gasteiger partial charge in [0.05, 0.1) is 23.5 Å². The molecule has 1 aromatic carbocycles. The van der Waals surface area contributed by atoms with Crippen molar-refractivity contribution in [2.24, 2.45) is 0 Å². The van der Waals surface area contributed by atoms with Crippen LogP contribution in [0.1, 0.15) is 57.3 Å². The van der Waals surface area contributed by atoms with E-state index in [9.17, 15) is 0 Å². The predicted octanol–water partition coefficient (Wildman–Crippen LogP) is 5.10. The van der Waals surface area contributed by atoms with E-state index >= 15 is 0 Å². The molecular weight excluding hydrogens is 272 g/mol. The first kappa shape index (κ1) is 15.2. The first-order valence-corrected chi connectivity index (χ1v) is 7.72. The Kier molecular flexibility index (Phi) is 4.92. The molecule has 0 aliphatic rings. The molecule has 1 aromatic heterocycles. The summed E-state index contributed by atoms with van der Waals surface area (Å²) in [4.78, 5) is 4.70. The maximum absolute atomic E-state index is 6.32. The molecule has 20 heavy (non-hydrogen) atoms. The van der Waals surface area contributed by atoms with E-state index in [-0.39, 0.29) is 5.38 Å². The molecule has 0 saturated heterocycles. The Balaban J connectivity index is 2.51. The van der Waals surface area contributed by atoms with Crippen LogP contribution >= 0.6 is 11.6 Å². The highest BCUT2D eigenvalue weighted by atomic mass is 35.5. The van der Waals surface area contributed by atoms with Crippen molar-refractivity contribution in [3.8, 4) is 5.75 Å². The third kappa shape index (κ3) is 2.93. The monoisotopic (exact) mass is 294 g/mol. The lowest BCUT2D eigenvalue weighted by atomic mass is 10.1. The summed E-state index contributed by atoms with van der Waals surface area (Å²) in [5, 5.41) is -0.0996. The Bertz CT molecular complexity index is 577. The van der Waals surface area contributed by atoms with Crippen LogP contribution in [0, 0.1) is 0 Å². The number of hydrogen-bond donors (Lipinski definition) is 0. The summed E-state index contributed by atoms with van der Waals surface area (Å²) >= 11 is 6.32. The SMILES string of the molecule is CCCCC(C)n1c(C(C)Cl)nc2cc(OC)ccc21. The number of halogens is 1. The van der Waals surface area contributed by atoms with Crippen LogP contribution < -0.4 is 4.74 Å². The normalized spacial score (nSPS) is 14.4. The van der Waals surface area contributed by atoms with Crippen LogP contribution in [0.2, 0.25) is 0 Å². The van der Waals surface area contributed by atoms with Crippen molar-refractivity contribution in [1.29, 1.82) is 0 Å². The highest BCUT2D eigenvalue weighted by Gasteiger charge is 2.19. The van der Waals surface area contributed by atoms with Gasteiger partial charge in [-0.25, -0.2) is 4.98 Å². The third-order valence-corrected chi connectivity index (χ3v) is 3.89. The van der Waals surface area contributed by atoms with Gasteiger partial charge in [-0.15, -0.1) is 11.6 Å². The van der Waals surface area contributed by atoms with Gasteiger partial charge in [0.15, 0.2) is 0 Å². The molecule has 0 amide bonds. The number of rotatable bonds is 6. The number of methoxy groups -OCH3 is 1. The first-order chi connectivity index (χ1) is 9.58. The summed E-state index contributed by atoms with van der Waals surface area (Å²) in [6.07, 6.45) is 3.56. The van der Waals surface area contributed by atoms with Gasteiger partial charge >= 0.3 is 0 Å². The van der Waals surface area contributed by atoms with Crippen molar-refractivity contribution in [3.05, 3.63) is 24.0 Å². The van der Waals surface area contributed by atoms with Crippen molar-refractivity contribution in [2.75, 3.05) is 7.11 Å². The summed E-state index contributed by atoms with van der Waals surface area (Å²) < 4.78 is 7.55. The van der Waals surface area contributed by atoms with Crippen LogP contribution in [0.3, 0.4) is 0 Å². The zero-order chi connectivity index (χ0) is 14.7. The molecule has 0 radical (unpaired) electrons. The highest BCUT2D eigenvalue weighted by molar-refractivity contribution is 6.20. The van der Waals surface area contributed by atoms with Gasteiger partial charge in [-0.2, -0.15) is 0 Å². The van der Waals surface area contributed by atoms with Crippen LogP contribution in [0.15, 0.2) is 18.2 Å². The molecule has 0 fully saturated rings. The molecule has 2 rings (SSSR count). The van der Waals surface area contributed by atoms with E-state index in [0.29, 0.717) is 6.04 Å². The van der Waals surface area contributed by atoms with Crippen molar-refractivity contribution in [1.82, 2.24) is 9.55 Å². The van der Waals surface area contributed by atoms with Crippen molar-refractivity contribution < 1.29 is 4.74 Å². The Morgan fingerprint density at radius 2 is 2.10 bits per heavy atom. The molecule has 4 heteroatoms. The molecule has 0 saturated carbocycles. The molecule has 0 aliphatic heterocycles. The van der Waals surface area contributed by atoms with Crippen molar-refractivity contribution >= 4 is 22.6 Å². The smallest absolute Gasteiger partial charge is 0.127 e. The van der Waals surface area contributed by atoms with Crippen molar-refractivity contribution in [2.45, 2.75) is 51.5 Å². The lowest BCUT2D eigenvalue weighted by Crippen LogP contribution is -2.10. The highest BCUT2D eigenvalue weighted by Crippen LogP contribution is 2.31. The molecular formula is C16H23ClN2O. The second-order valence-corrected chi connectivity index (χ2v) is 5.96. The van der Waals surface area contributed by atoms with Crippen molar-refractivity contribution in [3.63, 3.8) is 0 Å². The predicted molar refractivity (Wildman–Crippen MR) is 84.8 cm³/mol. The summed E-state index contributed by atoms with van der Waals surface area (Å²) in [6, 6.07) is 6.44. The van der Waals surface area contributed by atoms with E-state index in [1.807, 2.05) is 19.1 Å². The minimum Gasteiger partial charge on any atom is -0.497 e. The van der Waals surface area contributed by atoms with Gasteiger partial charge in [0.25, 0.3) is 0 Å². The van der Waals surface area contributed by atoms with Gasteiger partial charge in [-0.05, 0) is 32.4 Å². The van der Waals surface area contributed by atoms with Gasteiger partial charge in [-0.3, -0.25) is 0 Å². The van der Waals surface area contributed by atoms with E-state index in [1.165, 1.54) is 12.8 Å². The van der Waals surface area contributed by atoms with E-state index < -0.39 is 0 Å². The first-order valence-electron chi connectivity index (χ1n) is 7.28. The number of unbranched alkanes of at least 4 members (excludes halogenated alkanes) is 1. The lowest BCUT2D eigenvalue weighted by Gasteiger charge is -2.18. The van der Waals surface area contributed by atoms with E-state index in [0.717, 1.165) is 29.0 Å². The van der Waals surface area contributed by atoms with Crippen LogP contribution in [-0.2, 0) is 0 Å². The van der Waals surface area contributed by atoms with Crippen LogP contribution in [0.25, 0.3) is 11.0 Å². The van der Waals surface area contributed by atoms with Crippen LogP contribution in [0.5, 0.6) is 5.75 Å². The molecule has 1 heterocycles. The standard InChI is InChI=1S/C16H23ClN2O/c1-5-6-7-11(2)19-15-9-8-13(20-4)10-14(15)18-16(19)12(3)17/h8-12H,5-7H2,1-4H3. The molecule has 0 N–H and O–H groups in total. The molecule has 3 nitrogen and oxygen atoms in total. The minimum absolute atomic E-state index is 0.0996. The van der Waals surface area contributed by atoms with Crippen LogP contribution in [-0.4, -0.2) is 16.7 Å². The molecule has 0 aliphatic carbocycles. The second-order valence-electron chi connectivity index (χ2n) is 5.30. The summed E-state index contributed by atoms with van der Waals surface area (Å²) in [5.74, 6) is 1.77. The minimum atomic E-state index is -0.0996. The van der Waals surface area contributed by atoms with Gasteiger partial charge in [-0.1, -0.05) is 19.8 Å². The molecule has 2 aromatic rings. The van der Waals surface area contributed by atoms with Crippen LogP contribution in [0.4, 0.5) is 0 Å². The summed E-state index contributed by atoms with van der Waals surface area (Å²) in [5.41, 5.74) is 2.09. The molecule has 2 unspecified atom stereocenters. The number of imidazole rings is 1. The topological polar surface area (TPSA) is 27.1 Å². The zero-order valence-corrected chi connectivity index (χ0v) is 13.4.